The molecule has 0 aromatic heterocycles. The third kappa shape index (κ3) is 8.42. The van der Waals surface area contributed by atoms with Crippen molar-refractivity contribution in [2.24, 2.45) is 0 Å². The summed E-state index contributed by atoms with van der Waals surface area (Å²) < 4.78 is 65.9. The van der Waals surface area contributed by atoms with E-state index in [1.807, 2.05) is 11.8 Å². The van der Waals surface area contributed by atoms with Crippen molar-refractivity contribution in [2.45, 2.75) is 37.5 Å². The van der Waals surface area contributed by atoms with Gasteiger partial charge in [-0.3, -0.25) is 19.3 Å². The van der Waals surface area contributed by atoms with Crippen LogP contribution in [0, 0.1) is 11.6 Å². The van der Waals surface area contributed by atoms with Crippen molar-refractivity contribution in [1.82, 2.24) is 15.5 Å². The molecule has 0 bridgehead atoms. The fourth-order valence-corrected chi connectivity index (χ4v) is 4.45. The number of halogens is 5. The first kappa shape index (κ1) is 29.9. The standard InChI is InChI=1S/C27H28F5N3O4/c1-16-12-33-13-23(35(16)15-19(10-26(38)39)18-3-2-4-21(28)9-18)24(36)14-34-25(37)8-6-17-5-7-20(11-22(17)29)27(30,31)32/h2-9,11,16,19,23,33H,10,12-15H2,1H3,(H,34,37)(H,38,39)/b8-6+/t16-,19-,23?/m1/s1. The molecule has 2 aromatic rings. The van der Waals surface area contributed by atoms with E-state index in [9.17, 15) is 41.4 Å². The van der Waals surface area contributed by atoms with Crippen LogP contribution in [0.2, 0.25) is 0 Å². The Bertz CT molecular complexity index is 1230. The number of carbonyl (C=O) groups excluding carboxylic acids is 2. The summed E-state index contributed by atoms with van der Waals surface area (Å²) in [6, 6.07) is 6.67. The van der Waals surface area contributed by atoms with E-state index >= 15 is 0 Å². The summed E-state index contributed by atoms with van der Waals surface area (Å²) in [7, 11) is 0. The Morgan fingerprint density at radius 1 is 1.15 bits per heavy atom. The number of nitrogens with one attached hydrogen (secondary N) is 2. The number of benzene rings is 2. The second-order valence-corrected chi connectivity index (χ2v) is 9.32. The van der Waals surface area contributed by atoms with Gasteiger partial charge in [-0.25, -0.2) is 8.78 Å². The van der Waals surface area contributed by atoms with E-state index in [4.69, 9.17) is 0 Å². The number of hydrogen-bond acceptors (Lipinski definition) is 5. The number of carboxylic acid groups (broad SMARTS) is 1. The highest BCUT2D eigenvalue weighted by molar-refractivity contribution is 5.96. The van der Waals surface area contributed by atoms with Crippen LogP contribution in [0.4, 0.5) is 22.0 Å². The largest absolute Gasteiger partial charge is 0.481 e. The van der Waals surface area contributed by atoms with Crippen molar-refractivity contribution in [3.05, 3.63) is 76.9 Å². The third-order valence-electron chi connectivity index (χ3n) is 6.47. The number of hydrogen-bond donors (Lipinski definition) is 3. The highest BCUT2D eigenvalue weighted by Crippen LogP contribution is 2.30. The molecular formula is C27H28F5N3O4. The maximum atomic E-state index is 14.0. The Morgan fingerprint density at radius 3 is 2.54 bits per heavy atom. The van der Waals surface area contributed by atoms with E-state index < -0.39 is 53.8 Å². The fourth-order valence-electron chi connectivity index (χ4n) is 4.45. The van der Waals surface area contributed by atoms with Gasteiger partial charge in [0.05, 0.1) is 24.6 Å². The molecule has 1 aliphatic rings. The SMILES string of the molecule is C[C@@H]1CNCC(C(=O)CNC(=O)/C=C/c2ccc(C(F)(F)F)cc2F)N1C[C@@H](CC(=O)O)c1cccc(F)c1. The molecule has 210 valence electrons. The van der Waals surface area contributed by atoms with Crippen LogP contribution in [0.15, 0.2) is 48.5 Å². The smallest absolute Gasteiger partial charge is 0.416 e. The monoisotopic (exact) mass is 553 g/mol. The van der Waals surface area contributed by atoms with Gasteiger partial charge in [-0.1, -0.05) is 18.2 Å². The molecule has 7 nitrogen and oxygen atoms in total. The van der Waals surface area contributed by atoms with Gasteiger partial charge < -0.3 is 15.7 Å². The molecule has 3 rings (SSSR count). The molecule has 0 radical (unpaired) electrons. The Morgan fingerprint density at radius 2 is 1.90 bits per heavy atom. The number of carboxylic acids is 1. The van der Waals surface area contributed by atoms with E-state index in [0.29, 0.717) is 24.2 Å². The number of ketones is 1. The Kier molecular flexibility index (Phi) is 9.92. The summed E-state index contributed by atoms with van der Waals surface area (Å²) in [5.41, 5.74) is -0.902. The molecule has 2 aromatic carbocycles. The summed E-state index contributed by atoms with van der Waals surface area (Å²) in [5.74, 6) is -4.45. The van der Waals surface area contributed by atoms with Crippen LogP contribution in [0.25, 0.3) is 6.08 Å². The lowest BCUT2D eigenvalue weighted by atomic mass is 9.92. The van der Waals surface area contributed by atoms with Crippen molar-refractivity contribution in [3.8, 4) is 0 Å². The molecule has 1 aliphatic heterocycles. The molecule has 3 N–H and O–H groups in total. The topological polar surface area (TPSA) is 98.7 Å². The van der Waals surface area contributed by atoms with Gasteiger partial charge >= 0.3 is 12.1 Å². The van der Waals surface area contributed by atoms with Gasteiger partial charge in [-0.2, -0.15) is 13.2 Å². The van der Waals surface area contributed by atoms with E-state index in [0.717, 1.165) is 18.2 Å². The maximum Gasteiger partial charge on any atom is 0.416 e. The van der Waals surface area contributed by atoms with Crippen molar-refractivity contribution in [2.75, 3.05) is 26.2 Å². The summed E-state index contributed by atoms with van der Waals surface area (Å²) in [6.45, 7) is 2.40. The lowest BCUT2D eigenvalue weighted by Crippen LogP contribution is -2.61. The molecule has 3 atom stereocenters. The van der Waals surface area contributed by atoms with Gasteiger partial charge in [0.25, 0.3) is 0 Å². The van der Waals surface area contributed by atoms with Crippen molar-refractivity contribution in [1.29, 1.82) is 0 Å². The number of aliphatic carboxylic acids is 1. The number of rotatable bonds is 10. The van der Waals surface area contributed by atoms with Crippen molar-refractivity contribution in [3.63, 3.8) is 0 Å². The summed E-state index contributed by atoms with van der Waals surface area (Å²) in [5, 5.41) is 14.9. The Hall–Kier alpha value is -3.64. The van der Waals surface area contributed by atoms with Crippen LogP contribution in [-0.4, -0.2) is 65.9 Å². The van der Waals surface area contributed by atoms with Crippen LogP contribution in [0.3, 0.4) is 0 Å². The van der Waals surface area contributed by atoms with E-state index in [2.05, 4.69) is 10.6 Å². The normalized spacial score (nSPS) is 19.1. The lowest BCUT2D eigenvalue weighted by Gasteiger charge is -2.42. The first-order valence-corrected chi connectivity index (χ1v) is 12.1. The third-order valence-corrected chi connectivity index (χ3v) is 6.47. The minimum Gasteiger partial charge on any atom is -0.481 e. The van der Waals surface area contributed by atoms with Gasteiger partial charge in [0.2, 0.25) is 5.91 Å². The zero-order chi connectivity index (χ0) is 28.7. The number of nitrogens with zero attached hydrogens (tertiary/aromatic N) is 1. The fraction of sp³-hybridized carbons (Fsp3) is 0.370. The van der Waals surface area contributed by atoms with Gasteiger partial charge in [0, 0.05) is 43.2 Å². The minimum atomic E-state index is -4.70. The molecular weight excluding hydrogens is 525 g/mol. The molecule has 1 fully saturated rings. The molecule has 0 aliphatic carbocycles. The van der Waals surface area contributed by atoms with Crippen LogP contribution in [0.5, 0.6) is 0 Å². The van der Waals surface area contributed by atoms with Gasteiger partial charge in [0.1, 0.15) is 11.6 Å². The van der Waals surface area contributed by atoms with Crippen LogP contribution >= 0.6 is 0 Å². The predicted molar refractivity (Wildman–Crippen MR) is 133 cm³/mol. The van der Waals surface area contributed by atoms with Crippen molar-refractivity contribution >= 4 is 23.7 Å². The van der Waals surface area contributed by atoms with Crippen LogP contribution < -0.4 is 10.6 Å². The number of amides is 1. The van der Waals surface area contributed by atoms with Crippen LogP contribution in [-0.2, 0) is 20.6 Å². The molecule has 1 heterocycles. The van der Waals surface area contributed by atoms with E-state index in [1.54, 1.807) is 6.07 Å². The molecule has 12 heteroatoms. The second kappa shape index (κ2) is 12.9. The Balaban J connectivity index is 1.66. The quantitative estimate of drug-likeness (QED) is 0.307. The minimum absolute atomic E-state index is 0.163. The van der Waals surface area contributed by atoms with Crippen molar-refractivity contribution < 1.29 is 41.4 Å². The molecule has 1 saturated heterocycles. The average Bonchev–Trinajstić information content (AvgIpc) is 2.86. The maximum absolute atomic E-state index is 14.0. The van der Waals surface area contributed by atoms with Crippen LogP contribution in [0.1, 0.15) is 36.0 Å². The van der Waals surface area contributed by atoms with E-state index in [1.165, 1.54) is 18.2 Å². The summed E-state index contributed by atoms with van der Waals surface area (Å²) >= 11 is 0. The summed E-state index contributed by atoms with van der Waals surface area (Å²) in [4.78, 5) is 38.6. The van der Waals surface area contributed by atoms with Gasteiger partial charge in [-0.15, -0.1) is 0 Å². The molecule has 0 saturated carbocycles. The molecule has 1 amide bonds. The zero-order valence-electron chi connectivity index (χ0n) is 21.0. The number of Topliss-reactive ketones (excluding diaryl/α,β-unsaturated/α-hetero) is 1. The van der Waals surface area contributed by atoms with Gasteiger partial charge in [0.15, 0.2) is 5.78 Å². The summed E-state index contributed by atoms with van der Waals surface area (Å²) in [6.07, 6.45) is -3.07. The average molecular weight is 554 g/mol. The number of alkyl halides is 3. The van der Waals surface area contributed by atoms with Gasteiger partial charge in [-0.05, 0) is 42.8 Å². The second-order valence-electron chi connectivity index (χ2n) is 9.32. The molecule has 1 unspecified atom stereocenters. The molecule has 39 heavy (non-hydrogen) atoms. The predicted octanol–water partition coefficient (Wildman–Crippen LogP) is 3.60. The highest BCUT2D eigenvalue weighted by atomic mass is 19.4. The number of carbonyl (C=O) groups is 3. The first-order chi connectivity index (χ1) is 18.3. The lowest BCUT2D eigenvalue weighted by molar-refractivity contribution is -0.138. The number of piperazine rings is 1. The highest BCUT2D eigenvalue weighted by Gasteiger charge is 2.35. The van der Waals surface area contributed by atoms with E-state index in [-0.39, 0.29) is 36.9 Å². The molecule has 0 spiro atoms. The Labute approximate surface area is 221 Å². The first-order valence-electron chi connectivity index (χ1n) is 12.1. The zero-order valence-corrected chi connectivity index (χ0v) is 21.0.